The number of hydrogen-bond donors (Lipinski definition) is 0. The van der Waals surface area contributed by atoms with Crippen LogP contribution in [0.5, 0.6) is 0 Å². The first-order valence-corrected chi connectivity index (χ1v) is 6.23. The van der Waals surface area contributed by atoms with Gasteiger partial charge in [0, 0.05) is 4.83 Å². The first kappa shape index (κ1) is 10.7. The van der Waals surface area contributed by atoms with Gasteiger partial charge in [0.15, 0.2) is 0 Å². The first-order valence-electron chi connectivity index (χ1n) is 5.32. The van der Waals surface area contributed by atoms with Crippen LogP contribution < -0.4 is 0 Å². The summed E-state index contributed by atoms with van der Waals surface area (Å²) in [6.07, 6.45) is 0. The number of fused-ring (bicyclic) bond motifs is 1. The fourth-order valence-electron chi connectivity index (χ4n) is 1.85. The lowest BCUT2D eigenvalue weighted by molar-refractivity contribution is 0.644. The van der Waals surface area contributed by atoms with Gasteiger partial charge < -0.3 is 0 Å². The molecule has 2 aromatic carbocycles. The monoisotopic (exact) mass is 262 g/mol. The molecule has 0 aliphatic rings. The third-order valence-electron chi connectivity index (χ3n) is 2.71. The fraction of sp³-hybridized carbons (Fsp3) is 0.286. The largest absolute Gasteiger partial charge is 0.0836 e. The van der Waals surface area contributed by atoms with E-state index in [1.54, 1.807) is 0 Å². The molecule has 0 bridgehead atoms. The number of halogens is 1. The summed E-state index contributed by atoms with van der Waals surface area (Å²) in [4.78, 5) is 0.434. The lowest BCUT2D eigenvalue weighted by atomic mass is 9.97. The van der Waals surface area contributed by atoms with Crippen LogP contribution in [0.3, 0.4) is 0 Å². The zero-order chi connectivity index (χ0) is 10.8. The van der Waals surface area contributed by atoms with Crippen molar-refractivity contribution in [3.8, 4) is 0 Å². The molecule has 0 amide bonds. The molecule has 0 nitrogen and oxygen atoms in total. The molecule has 0 spiro atoms. The maximum absolute atomic E-state index is 3.77. The highest BCUT2D eigenvalue weighted by molar-refractivity contribution is 9.09. The zero-order valence-corrected chi connectivity index (χ0v) is 10.7. The van der Waals surface area contributed by atoms with Gasteiger partial charge in [0.1, 0.15) is 0 Å². The predicted octanol–water partition coefficient (Wildman–Crippen LogP) is 4.93. The molecule has 0 saturated heterocycles. The Morgan fingerprint density at radius 3 is 2.33 bits per heavy atom. The Morgan fingerprint density at radius 2 is 1.60 bits per heavy atom. The zero-order valence-electron chi connectivity index (χ0n) is 9.07. The molecule has 0 aromatic heterocycles. The Balaban J connectivity index is 2.60. The van der Waals surface area contributed by atoms with E-state index in [0.29, 0.717) is 10.7 Å². The highest BCUT2D eigenvalue weighted by Crippen LogP contribution is 2.34. The smallest absolute Gasteiger partial charge is 0.0424 e. The SMILES string of the molecule is CC(C)C(Br)c1cccc2ccccc12. The van der Waals surface area contributed by atoms with Crippen molar-refractivity contribution in [1.82, 2.24) is 0 Å². The van der Waals surface area contributed by atoms with Crippen molar-refractivity contribution >= 4 is 26.7 Å². The first-order chi connectivity index (χ1) is 7.20. The molecular formula is C14H15Br. The highest BCUT2D eigenvalue weighted by Gasteiger charge is 2.13. The van der Waals surface area contributed by atoms with Gasteiger partial charge in [-0.15, -0.1) is 0 Å². The van der Waals surface area contributed by atoms with E-state index in [9.17, 15) is 0 Å². The summed E-state index contributed by atoms with van der Waals surface area (Å²) in [5.74, 6) is 0.607. The minimum Gasteiger partial charge on any atom is -0.0836 e. The summed E-state index contributed by atoms with van der Waals surface area (Å²) in [6.45, 7) is 4.47. The van der Waals surface area contributed by atoms with Crippen LogP contribution in [-0.4, -0.2) is 0 Å². The van der Waals surface area contributed by atoms with Crippen molar-refractivity contribution in [2.24, 2.45) is 5.92 Å². The Labute approximate surface area is 99.4 Å². The third-order valence-corrected chi connectivity index (χ3v) is 4.26. The second-order valence-corrected chi connectivity index (χ2v) is 5.20. The van der Waals surface area contributed by atoms with E-state index in [0.717, 1.165) is 0 Å². The minimum absolute atomic E-state index is 0.434. The molecule has 2 aromatic rings. The number of alkyl halides is 1. The van der Waals surface area contributed by atoms with Crippen molar-refractivity contribution in [2.45, 2.75) is 18.7 Å². The second-order valence-electron chi connectivity index (χ2n) is 4.21. The number of hydrogen-bond acceptors (Lipinski definition) is 0. The van der Waals surface area contributed by atoms with Crippen LogP contribution in [0.2, 0.25) is 0 Å². The summed E-state index contributed by atoms with van der Waals surface area (Å²) < 4.78 is 0. The van der Waals surface area contributed by atoms with Crippen LogP contribution >= 0.6 is 15.9 Å². The van der Waals surface area contributed by atoms with Crippen LogP contribution in [0.1, 0.15) is 24.2 Å². The average molecular weight is 263 g/mol. The van der Waals surface area contributed by atoms with Crippen LogP contribution in [0.15, 0.2) is 42.5 Å². The maximum atomic E-state index is 3.77. The molecule has 15 heavy (non-hydrogen) atoms. The van der Waals surface area contributed by atoms with E-state index in [1.165, 1.54) is 16.3 Å². The number of benzene rings is 2. The van der Waals surface area contributed by atoms with Crippen molar-refractivity contribution in [2.75, 3.05) is 0 Å². The summed E-state index contributed by atoms with van der Waals surface area (Å²) in [5, 5.41) is 2.68. The molecule has 0 radical (unpaired) electrons. The van der Waals surface area contributed by atoms with Crippen LogP contribution in [-0.2, 0) is 0 Å². The highest BCUT2D eigenvalue weighted by atomic mass is 79.9. The molecule has 0 aliphatic heterocycles. The summed E-state index contributed by atoms with van der Waals surface area (Å²) in [6, 6.07) is 15.1. The van der Waals surface area contributed by atoms with Crippen LogP contribution in [0.4, 0.5) is 0 Å². The maximum Gasteiger partial charge on any atom is 0.0424 e. The molecule has 0 aliphatic carbocycles. The van der Waals surface area contributed by atoms with E-state index < -0.39 is 0 Å². The Morgan fingerprint density at radius 1 is 0.933 bits per heavy atom. The molecule has 2 rings (SSSR count). The standard InChI is InChI=1S/C14H15Br/c1-10(2)14(15)13-9-5-7-11-6-3-4-8-12(11)13/h3-10,14H,1-2H3. The van der Waals surface area contributed by atoms with E-state index in [1.807, 2.05) is 0 Å². The molecule has 78 valence electrons. The fourth-order valence-corrected chi connectivity index (χ4v) is 2.25. The minimum atomic E-state index is 0.434. The van der Waals surface area contributed by atoms with E-state index in [-0.39, 0.29) is 0 Å². The van der Waals surface area contributed by atoms with Gasteiger partial charge in [-0.05, 0) is 22.3 Å². The lowest BCUT2D eigenvalue weighted by Gasteiger charge is -2.16. The van der Waals surface area contributed by atoms with E-state index >= 15 is 0 Å². The molecule has 1 unspecified atom stereocenters. The number of rotatable bonds is 2. The van der Waals surface area contributed by atoms with E-state index in [4.69, 9.17) is 0 Å². The van der Waals surface area contributed by atoms with Gasteiger partial charge in [0.05, 0.1) is 0 Å². The van der Waals surface area contributed by atoms with Crippen molar-refractivity contribution in [1.29, 1.82) is 0 Å². The average Bonchev–Trinajstić information content (AvgIpc) is 2.27. The third kappa shape index (κ3) is 2.07. The Kier molecular flexibility index (Phi) is 3.11. The summed E-state index contributed by atoms with van der Waals surface area (Å²) >= 11 is 3.77. The van der Waals surface area contributed by atoms with Gasteiger partial charge >= 0.3 is 0 Å². The predicted molar refractivity (Wildman–Crippen MR) is 70.5 cm³/mol. The van der Waals surface area contributed by atoms with Gasteiger partial charge in [-0.3, -0.25) is 0 Å². The molecule has 1 atom stereocenters. The molecule has 0 fully saturated rings. The normalized spacial score (nSPS) is 13.3. The molecule has 1 heteroatoms. The van der Waals surface area contributed by atoms with Gasteiger partial charge in [0.2, 0.25) is 0 Å². The molecular weight excluding hydrogens is 248 g/mol. The van der Waals surface area contributed by atoms with Gasteiger partial charge in [-0.2, -0.15) is 0 Å². The quantitative estimate of drug-likeness (QED) is 0.674. The van der Waals surface area contributed by atoms with Gasteiger partial charge in [0.25, 0.3) is 0 Å². The van der Waals surface area contributed by atoms with Gasteiger partial charge in [-0.25, -0.2) is 0 Å². The second kappa shape index (κ2) is 4.36. The van der Waals surface area contributed by atoms with Crippen molar-refractivity contribution in [3.05, 3.63) is 48.0 Å². The molecule has 0 N–H and O–H groups in total. The Hall–Kier alpha value is -0.820. The molecule has 0 heterocycles. The summed E-state index contributed by atoms with van der Waals surface area (Å²) in [7, 11) is 0. The van der Waals surface area contributed by atoms with Crippen molar-refractivity contribution < 1.29 is 0 Å². The van der Waals surface area contributed by atoms with E-state index in [2.05, 4.69) is 72.2 Å². The van der Waals surface area contributed by atoms with Gasteiger partial charge in [-0.1, -0.05) is 72.2 Å². The summed E-state index contributed by atoms with van der Waals surface area (Å²) in [5.41, 5.74) is 1.39. The van der Waals surface area contributed by atoms with Crippen molar-refractivity contribution in [3.63, 3.8) is 0 Å². The van der Waals surface area contributed by atoms with Crippen LogP contribution in [0.25, 0.3) is 10.8 Å². The molecule has 0 saturated carbocycles. The lowest BCUT2D eigenvalue weighted by Crippen LogP contribution is -1.99. The topological polar surface area (TPSA) is 0 Å². The Bertz CT molecular complexity index is 454. The van der Waals surface area contributed by atoms with Crippen LogP contribution in [0, 0.1) is 5.92 Å².